The number of primary amides is 1. The summed E-state index contributed by atoms with van der Waals surface area (Å²) < 4.78 is 0. The SMILES string of the molecule is Cl.NC(=O)CC(N)C(=O)N1CCC(c2ccccc2)CC1. The molecular weight excluding hydrogens is 290 g/mol. The summed E-state index contributed by atoms with van der Waals surface area (Å²) in [7, 11) is 0. The Morgan fingerprint density at radius 1 is 1.19 bits per heavy atom. The molecule has 0 aliphatic carbocycles. The molecule has 4 N–H and O–H groups in total. The zero-order valence-electron chi connectivity index (χ0n) is 11.9. The number of nitrogens with two attached hydrogens (primary N) is 2. The second-order valence-corrected chi connectivity index (χ2v) is 5.29. The van der Waals surface area contributed by atoms with Gasteiger partial charge in [-0.2, -0.15) is 0 Å². The molecule has 1 heterocycles. The number of benzene rings is 1. The van der Waals surface area contributed by atoms with Crippen molar-refractivity contribution in [3.8, 4) is 0 Å². The van der Waals surface area contributed by atoms with Crippen LogP contribution in [0.1, 0.15) is 30.7 Å². The molecule has 0 radical (unpaired) electrons. The molecule has 6 heteroatoms. The lowest BCUT2D eigenvalue weighted by molar-refractivity contribution is -0.135. The molecule has 0 bridgehead atoms. The summed E-state index contributed by atoms with van der Waals surface area (Å²) in [5.41, 5.74) is 12.1. The van der Waals surface area contributed by atoms with Gasteiger partial charge in [0.1, 0.15) is 0 Å². The fraction of sp³-hybridized carbons (Fsp3) is 0.467. The summed E-state index contributed by atoms with van der Waals surface area (Å²) in [5, 5.41) is 0. The van der Waals surface area contributed by atoms with Crippen molar-refractivity contribution in [2.45, 2.75) is 31.2 Å². The van der Waals surface area contributed by atoms with E-state index >= 15 is 0 Å². The topological polar surface area (TPSA) is 89.4 Å². The zero-order chi connectivity index (χ0) is 14.5. The highest BCUT2D eigenvalue weighted by Gasteiger charge is 2.27. The molecule has 0 spiro atoms. The quantitative estimate of drug-likeness (QED) is 0.870. The Kier molecular flexibility index (Phi) is 6.65. The fourth-order valence-corrected chi connectivity index (χ4v) is 2.70. The number of carbonyl (C=O) groups excluding carboxylic acids is 2. The predicted molar refractivity (Wildman–Crippen MR) is 84.0 cm³/mol. The molecule has 21 heavy (non-hydrogen) atoms. The maximum atomic E-state index is 12.1. The molecule has 0 aromatic heterocycles. The van der Waals surface area contributed by atoms with Gasteiger partial charge in [0.2, 0.25) is 11.8 Å². The summed E-state index contributed by atoms with van der Waals surface area (Å²) in [6, 6.07) is 9.53. The number of likely N-dealkylation sites (tertiary alicyclic amines) is 1. The molecule has 2 rings (SSSR count). The average Bonchev–Trinajstić information content (AvgIpc) is 2.47. The second-order valence-electron chi connectivity index (χ2n) is 5.29. The molecule has 1 aromatic rings. The Morgan fingerprint density at radius 3 is 2.29 bits per heavy atom. The van der Waals surface area contributed by atoms with E-state index in [9.17, 15) is 9.59 Å². The van der Waals surface area contributed by atoms with Gasteiger partial charge < -0.3 is 16.4 Å². The highest BCUT2D eigenvalue weighted by molar-refractivity contribution is 5.87. The van der Waals surface area contributed by atoms with Gasteiger partial charge >= 0.3 is 0 Å². The maximum absolute atomic E-state index is 12.1. The van der Waals surface area contributed by atoms with Crippen molar-refractivity contribution < 1.29 is 9.59 Å². The number of nitrogens with zero attached hydrogens (tertiary/aromatic N) is 1. The van der Waals surface area contributed by atoms with Gasteiger partial charge in [0.05, 0.1) is 12.5 Å². The minimum absolute atomic E-state index is 0. The molecule has 1 aliphatic heterocycles. The highest BCUT2D eigenvalue weighted by Crippen LogP contribution is 2.27. The van der Waals surface area contributed by atoms with Crippen LogP contribution in [0.3, 0.4) is 0 Å². The standard InChI is InChI=1S/C15H21N3O2.ClH/c16-13(10-14(17)19)15(20)18-8-6-12(7-9-18)11-4-2-1-3-5-11;/h1-5,12-13H,6-10,16H2,(H2,17,19);1H. The Labute approximate surface area is 131 Å². The first-order valence-corrected chi connectivity index (χ1v) is 6.95. The van der Waals surface area contributed by atoms with Crippen LogP contribution in [-0.4, -0.2) is 35.8 Å². The first-order chi connectivity index (χ1) is 9.58. The fourth-order valence-electron chi connectivity index (χ4n) is 2.70. The lowest BCUT2D eigenvalue weighted by atomic mass is 9.89. The number of hydrogen-bond donors (Lipinski definition) is 2. The van der Waals surface area contributed by atoms with Crippen LogP contribution in [0.5, 0.6) is 0 Å². The van der Waals surface area contributed by atoms with Gasteiger partial charge in [0, 0.05) is 13.1 Å². The van der Waals surface area contributed by atoms with E-state index in [2.05, 4.69) is 12.1 Å². The molecule has 5 nitrogen and oxygen atoms in total. The van der Waals surface area contributed by atoms with Crippen molar-refractivity contribution in [2.75, 3.05) is 13.1 Å². The normalized spacial score (nSPS) is 16.9. The summed E-state index contributed by atoms with van der Waals surface area (Å²) in [4.78, 5) is 24.6. The van der Waals surface area contributed by atoms with Gasteiger partial charge in [-0.25, -0.2) is 0 Å². The van der Waals surface area contributed by atoms with E-state index in [0.29, 0.717) is 19.0 Å². The maximum Gasteiger partial charge on any atom is 0.240 e. The van der Waals surface area contributed by atoms with Crippen LogP contribution in [0.4, 0.5) is 0 Å². The van der Waals surface area contributed by atoms with Gasteiger partial charge in [-0.15, -0.1) is 12.4 Å². The Balaban J connectivity index is 0.00000220. The third-order valence-electron chi connectivity index (χ3n) is 3.82. The lowest BCUT2D eigenvalue weighted by Crippen LogP contribution is -2.48. The summed E-state index contributed by atoms with van der Waals surface area (Å²) in [6.45, 7) is 1.37. The van der Waals surface area contributed by atoms with Crippen LogP contribution in [0.2, 0.25) is 0 Å². The molecule has 1 aliphatic rings. The minimum atomic E-state index is -0.805. The molecule has 1 fully saturated rings. The van der Waals surface area contributed by atoms with Crippen molar-refractivity contribution in [2.24, 2.45) is 11.5 Å². The second kappa shape index (κ2) is 8.00. The van der Waals surface area contributed by atoms with Gasteiger partial charge in [-0.1, -0.05) is 30.3 Å². The van der Waals surface area contributed by atoms with E-state index in [4.69, 9.17) is 11.5 Å². The first kappa shape index (κ1) is 17.5. The van der Waals surface area contributed by atoms with E-state index in [1.165, 1.54) is 5.56 Å². The molecular formula is C15H22ClN3O2. The van der Waals surface area contributed by atoms with E-state index in [0.717, 1.165) is 12.8 Å². The van der Waals surface area contributed by atoms with Crippen molar-refractivity contribution in [1.29, 1.82) is 0 Å². The number of hydrogen-bond acceptors (Lipinski definition) is 3. The highest BCUT2D eigenvalue weighted by atomic mass is 35.5. The van der Waals surface area contributed by atoms with Gasteiger partial charge in [0.25, 0.3) is 0 Å². The van der Waals surface area contributed by atoms with Crippen LogP contribution in [0, 0.1) is 0 Å². The van der Waals surface area contributed by atoms with Gasteiger partial charge in [0.15, 0.2) is 0 Å². The summed E-state index contributed by atoms with van der Waals surface area (Å²) in [5.74, 6) is -0.215. The molecule has 2 amide bonds. The van der Waals surface area contributed by atoms with Crippen LogP contribution < -0.4 is 11.5 Å². The lowest BCUT2D eigenvalue weighted by Gasteiger charge is -2.33. The molecule has 1 atom stereocenters. The van der Waals surface area contributed by atoms with Crippen molar-refractivity contribution in [3.63, 3.8) is 0 Å². The third-order valence-corrected chi connectivity index (χ3v) is 3.82. The van der Waals surface area contributed by atoms with Gasteiger partial charge in [-0.05, 0) is 24.3 Å². The first-order valence-electron chi connectivity index (χ1n) is 6.95. The van der Waals surface area contributed by atoms with Gasteiger partial charge in [-0.3, -0.25) is 9.59 Å². The Hall–Kier alpha value is -1.59. The van der Waals surface area contributed by atoms with E-state index in [1.54, 1.807) is 4.90 Å². The largest absolute Gasteiger partial charge is 0.370 e. The van der Waals surface area contributed by atoms with Crippen LogP contribution in [0.15, 0.2) is 30.3 Å². The molecule has 116 valence electrons. The Bertz CT molecular complexity index is 473. The van der Waals surface area contributed by atoms with E-state index in [-0.39, 0.29) is 24.7 Å². The van der Waals surface area contributed by atoms with E-state index < -0.39 is 11.9 Å². The number of halogens is 1. The third kappa shape index (κ3) is 4.72. The molecule has 1 aromatic carbocycles. The average molecular weight is 312 g/mol. The number of piperidine rings is 1. The number of carbonyl (C=O) groups is 2. The summed E-state index contributed by atoms with van der Waals surface area (Å²) in [6.07, 6.45) is 1.77. The summed E-state index contributed by atoms with van der Waals surface area (Å²) >= 11 is 0. The van der Waals surface area contributed by atoms with Crippen molar-refractivity contribution in [3.05, 3.63) is 35.9 Å². The molecule has 1 unspecified atom stereocenters. The minimum Gasteiger partial charge on any atom is -0.370 e. The predicted octanol–water partition coefficient (Wildman–Crippen LogP) is 1.02. The smallest absolute Gasteiger partial charge is 0.240 e. The van der Waals surface area contributed by atoms with Crippen molar-refractivity contribution >= 4 is 24.2 Å². The van der Waals surface area contributed by atoms with Crippen LogP contribution >= 0.6 is 12.4 Å². The number of rotatable bonds is 4. The van der Waals surface area contributed by atoms with E-state index in [1.807, 2.05) is 18.2 Å². The van der Waals surface area contributed by atoms with Crippen LogP contribution in [0.25, 0.3) is 0 Å². The van der Waals surface area contributed by atoms with Crippen LogP contribution in [-0.2, 0) is 9.59 Å². The molecule has 1 saturated heterocycles. The van der Waals surface area contributed by atoms with Crippen molar-refractivity contribution in [1.82, 2.24) is 4.90 Å². The zero-order valence-corrected chi connectivity index (χ0v) is 12.7. The number of amides is 2. The molecule has 0 saturated carbocycles. The monoisotopic (exact) mass is 311 g/mol. The Morgan fingerprint density at radius 2 is 1.76 bits per heavy atom.